The lowest BCUT2D eigenvalue weighted by atomic mass is 10.0. The quantitative estimate of drug-likeness (QED) is 0.514. The van der Waals surface area contributed by atoms with Gasteiger partial charge >= 0.3 is 0 Å². The Balaban J connectivity index is 1.74. The summed E-state index contributed by atoms with van der Waals surface area (Å²) in [5.74, 6) is 0.517. The first-order chi connectivity index (χ1) is 11.1. The van der Waals surface area contributed by atoms with Crippen molar-refractivity contribution < 1.29 is 4.79 Å². The van der Waals surface area contributed by atoms with Gasteiger partial charge in [-0.05, 0) is 31.5 Å². The number of hydrogen-bond donors (Lipinski definition) is 0. The molecule has 0 saturated carbocycles. The zero-order valence-electron chi connectivity index (χ0n) is 13.2. The minimum atomic E-state index is 0.134. The molecule has 0 spiro atoms. The molecule has 0 amide bonds. The number of aromatic nitrogens is 2. The number of nitrogens with zero attached hydrogens (tertiary/aromatic N) is 2. The molecule has 1 heterocycles. The van der Waals surface area contributed by atoms with E-state index in [4.69, 9.17) is 0 Å². The zero-order chi connectivity index (χ0) is 16.2. The van der Waals surface area contributed by atoms with E-state index < -0.39 is 0 Å². The highest BCUT2D eigenvalue weighted by atomic mass is 32.2. The van der Waals surface area contributed by atoms with Crippen LogP contribution in [0.3, 0.4) is 0 Å². The fraction of sp³-hybridized carbons (Fsp3) is 0.158. The lowest BCUT2D eigenvalue weighted by Gasteiger charge is -2.08. The third-order valence-corrected chi connectivity index (χ3v) is 4.62. The van der Waals surface area contributed by atoms with Gasteiger partial charge in [-0.3, -0.25) is 9.36 Å². The van der Waals surface area contributed by atoms with E-state index in [2.05, 4.69) is 4.98 Å². The van der Waals surface area contributed by atoms with Crippen molar-refractivity contribution in [1.29, 1.82) is 0 Å². The van der Waals surface area contributed by atoms with Crippen LogP contribution in [0, 0.1) is 13.8 Å². The summed E-state index contributed by atoms with van der Waals surface area (Å²) in [6, 6.07) is 16.0. The van der Waals surface area contributed by atoms with Gasteiger partial charge in [-0.2, -0.15) is 0 Å². The number of Topliss-reactive ketones (excluding diaryl/α,β-unsaturated/α-hetero) is 1. The van der Waals surface area contributed by atoms with Crippen molar-refractivity contribution in [2.45, 2.75) is 19.0 Å². The summed E-state index contributed by atoms with van der Waals surface area (Å²) in [5, 5.41) is 0.828. The van der Waals surface area contributed by atoms with Crippen molar-refractivity contribution in [2.24, 2.45) is 0 Å². The van der Waals surface area contributed by atoms with Crippen molar-refractivity contribution in [2.75, 3.05) is 5.75 Å². The molecule has 0 aliphatic carbocycles. The number of thioether (sulfide) groups is 1. The van der Waals surface area contributed by atoms with E-state index in [1.54, 1.807) is 6.20 Å². The van der Waals surface area contributed by atoms with Gasteiger partial charge in [0.05, 0.1) is 5.75 Å². The second-order valence-electron chi connectivity index (χ2n) is 5.45. The van der Waals surface area contributed by atoms with E-state index in [0.29, 0.717) is 5.75 Å². The van der Waals surface area contributed by atoms with Crippen LogP contribution in [0.2, 0.25) is 0 Å². The van der Waals surface area contributed by atoms with Crippen LogP contribution < -0.4 is 0 Å². The number of para-hydroxylation sites is 1. The van der Waals surface area contributed by atoms with Gasteiger partial charge in [-0.1, -0.05) is 53.7 Å². The summed E-state index contributed by atoms with van der Waals surface area (Å²) in [4.78, 5) is 16.8. The van der Waals surface area contributed by atoms with Crippen LogP contribution in [0.15, 0.2) is 66.1 Å². The maximum absolute atomic E-state index is 12.5. The summed E-state index contributed by atoms with van der Waals surface area (Å²) < 4.78 is 2.00. The molecule has 0 unspecified atom stereocenters. The average Bonchev–Trinajstić information content (AvgIpc) is 3.02. The molecule has 0 atom stereocenters. The molecule has 0 fully saturated rings. The predicted octanol–water partition coefficient (Wildman–Crippen LogP) is 4.46. The normalized spacial score (nSPS) is 10.7. The van der Waals surface area contributed by atoms with Crippen LogP contribution in [-0.2, 0) is 0 Å². The molecule has 1 aromatic heterocycles. The molecule has 0 N–H and O–H groups in total. The number of rotatable bonds is 5. The fourth-order valence-corrected chi connectivity index (χ4v) is 3.37. The number of benzene rings is 2. The van der Waals surface area contributed by atoms with E-state index in [9.17, 15) is 4.79 Å². The Kier molecular flexibility index (Phi) is 4.63. The Morgan fingerprint density at radius 3 is 2.65 bits per heavy atom. The Bertz CT molecular complexity index is 824. The third kappa shape index (κ3) is 3.54. The second-order valence-corrected chi connectivity index (χ2v) is 6.39. The molecule has 116 valence electrons. The van der Waals surface area contributed by atoms with Crippen LogP contribution >= 0.6 is 11.8 Å². The molecule has 2 aromatic carbocycles. The third-order valence-electron chi connectivity index (χ3n) is 3.66. The van der Waals surface area contributed by atoms with Gasteiger partial charge in [0.2, 0.25) is 0 Å². The van der Waals surface area contributed by atoms with Crippen LogP contribution in [0.4, 0.5) is 0 Å². The van der Waals surface area contributed by atoms with Gasteiger partial charge < -0.3 is 0 Å². The number of ketones is 1. The van der Waals surface area contributed by atoms with Crippen LogP contribution in [0.25, 0.3) is 5.69 Å². The number of carbonyl (C=O) groups excluding carboxylic acids is 1. The second kappa shape index (κ2) is 6.84. The fourth-order valence-electron chi connectivity index (χ4n) is 2.52. The van der Waals surface area contributed by atoms with E-state index in [1.165, 1.54) is 17.3 Å². The van der Waals surface area contributed by atoms with Crippen molar-refractivity contribution in [3.8, 4) is 5.69 Å². The summed E-state index contributed by atoms with van der Waals surface area (Å²) in [7, 11) is 0. The first-order valence-corrected chi connectivity index (χ1v) is 8.46. The maximum atomic E-state index is 12.5. The van der Waals surface area contributed by atoms with Gasteiger partial charge in [-0.15, -0.1) is 0 Å². The molecule has 3 rings (SSSR count). The smallest absolute Gasteiger partial charge is 0.173 e. The lowest BCUT2D eigenvalue weighted by Crippen LogP contribution is -2.06. The van der Waals surface area contributed by atoms with Crippen molar-refractivity contribution in [3.63, 3.8) is 0 Å². The molecular weight excluding hydrogens is 304 g/mol. The Hall–Kier alpha value is -2.33. The molecule has 3 nitrogen and oxygen atoms in total. The predicted molar refractivity (Wildman–Crippen MR) is 94.5 cm³/mol. The van der Waals surface area contributed by atoms with Gasteiger partial charge in [0.15, 0.2) is 10.9 Å². The summed E-state index contributed by atoms with van der Waals surface area (Å²) in [6.45, 7) is 4.02. The first-order valence-electron chi connectivity index (χ1n) is 7.47. The number of imidazole rings is 1. The maximum Gasteiger partial charge on any atom is 0.173 e. The van der Waals surface area contributed by atoms with E-state index in [1.807, 2.05) is 73.1 Å². The van der Waals surface area contributed by atoms with Crippen molar-refractivity contribution >= 4 is 17.5 Å². The average molecular weight is 322 g/mol. The molecule has 0 bridgehead atoms. The Morgan fingerprint density at radius 2 is 1.91 bits per heavy atom. The van der Waals surface area contributed by atoms with Crippen molar-refractivity contribution in [3.05, 3.63) is 77.6 Å². The minimum absolute atomic E-state index is 0.134. The number of aryl methyl sites for hydroxylation is 2. The van der Waals surface area contributed by atoms with Gasteiger partial charge in [0, 0.05) is 23.6 Å². The van der Waals surface area contributed by atoms with Crippen LogP contribution in [0.5, 0.6) is 0 Å². The number of carbonyl (C=O) groups is 1. The Labute approximate surface area is 140 Å². The monoisotopic (exact) mass is 322 g/mol. The summed E-state index contributed by atoms with van der Waals surface area (Å²) >= 11 is 1.47. The summed E-state index contributed by atoms with van der Waals surface area (Å²) in [6.07, 6.45) is 3.68. The highest BCUT2D eigenvalue weighted by Crippen LogP contribution is 2.22. The van der Waals surface area contributed by atoms with E-state index in [-0.39, 0.29) is 5.78 Å². The molecule has 0 radical (unpaired) electrons. The zero-order valence-corrected chi connectivity index (χ0v) is 14.0. The van der Waals surface area contributed by atoms with Gasteiger partial charge in [-0.25, -0.2) is 4.98 Å². The SMILES string of the molecule is Cc1ccc(C(=O)CSc2nccn2-c2ccccc2)c(C)c1. The van der Waals surface area contributed by atoms with Crippen molar-refractivity contribution in [1.82, 2.24) is 9.55 Å². The largest absolute Gasteiger partial charge is 0.295 e. The molecule has 4 heteroatoms. The molecule has 0 aliphatic rings. The number of hydrogen-bond acceptors (Lipinski definition) is 3. The molecule has 0 aliphatic heterocycles. The minimum Gasteiger partial charge on any atom is -0.295 e. The standard InChI is InChI=1S/C19H18N2OS/c1-14-8-9-17(15(2)12-14)18(22)13-23-19-20-10-11-21(19)16-6-4-3-5-7-16/h3-12H,13H2,1-2H3. The lowest BCUT2D eigenvalue weighted by molar-refractivity contribution is 0.102. The van der Waals surface area contributed by atoms with Crippen LogP contribution in [-0.4, -0.2) is 21.1 Å². The Morgan fingerprint density at radius 1 is 1.13 bits per heavy atom. The summed E-state index contributed by atoms with van der Waals surface area (Å²) in [5.41, 5.74) is 4.04. The van der Waals surface area contributed by atoms with E-state index in [0.717, 1.165) is 22.0 Å². The highest BCUT2D eigenvalue weighted by Gasteiger charge is 2.12. The molecule has 23 heavy (non-hydrogen) atoms. The van der Waals surface area contributed by atoms with Gasteiger partial charge in [0.1, 0.15) is 0 Å². The first kappa shape index (κ1) is 15.6. The molecule has 0 saturated heterocycles. The van der Waals surface area contributed by atoms with E-state index >= 15 is 0 Å². The molecule has 3 aromatic rings. The van der Waals surface area contributed by atoms with Crippen LogP contribution in [0.1, 0.15) is 21.5 Å². The molecular formula is C19H18N2OS. The van der Waals surface area contributed by atoms with Gasteiger partial charge in [0.25, 0.3) is 0 Å². The highest BCUT2D eigenvalue weighted by molar-refractivity contribution is 7.99. The topological polar surface area (TPSA) is 34.9 Å².